The fourth-order valence-corrected chi connectivity index (χ4v) is 2.96. The standard InChI is InChI=1S/C15H23N3O2/c1-4-16-13-6-5-7-14(15(13)18(19)20)17-12-9-8-10(2)11(12)3/h5-7,10-12,16-17H,4,8-9H2,1-3H3. The minimum Gasteiger partial charge on any atom is -0.380 e. The molecule has 1 aliphatic carbocycles. The Morgan fingerprint density at radius 1 is 1.30 bits per heavy atom. The average Bonchev–Trinajstić information content (AvgIpc) is 2.71. The highest BCUT2D eigenvalue weighted by Gasteiger charge is 2.31. The number of anilines is 2. The van der Waals surface area contributed by atoms with Gasteiger partial charge in [0.15, 0.2) is 0 Å². The van der Waals surface area contributed by atoms with Gasteiger partial charge >= 0.3 is 5.69 Å². The summed E-state index contributed by atoms with van der Waals surface area (Å²) >= 11 is 0. The lowest BCUT2D eigenvalue weighted by atomic mass is 9.97. The summed E-state index contributed by atoms with van der Waals surface area (Å²) in [5.41, 5.74) is 1.36. The molecule has 20 heavy (non-hydrogen) atoms. The molecule has 1 aromatic rings. The second-order valence-corrected chi connectivity index (χ2v) is 5.65. The van der Waals surface area contributed by atoms with E-state index in [1.165, 1.54) is 6.42 Å². The van der Waals surface area contributed by atoms with Gasteiger partial charge in [0, 0.05) is 12.6 Å². The Hall–Kier alpha value is -1.78. The van der Waals surface area contributed by atoms with Crippen molar-refractivity contribution in [3.63, 3.8) is 0 Å². The molecule has 0 radical (unpaired) electrons. The smallest absolute Gasteiger partial charge is 0.315 e. The Balaban J connectivity index is 2.27. The third-order valence-corrected chi connectivity index (χ3v) is 4.39. The van der Waals surface area contributed by atoms with E-state index in [4.69, 9.17) is 0 Å². The molecule has 0 bridgehead atoms. The minimum atomic E-state index is -0.302. The van der Waals surface area contributed by atoms with Gasteiger partial charge in [0.05, 0.1) is 4.92 Å². The van der Waals surface area contributed by atoms with Crippen molar-refractivity contribution < 1.29 is 4.92 Å². The number of nitro groups is 1. The van der Waals surface area contributed by atoms with Crippen molar-refractivity contribution in [2.24, 2.45) is 11.8 Å². The van der Waals surface area contributed by atoms with E-state index < -0.39 is 0 Å². The van der Waals surface area contributed by atoms with Crippen molar-refractivity contribution in [1.82, 2.24) is 0 Å². The first kappa shape index (κ1) is 14.6. The van der Waals surface area contributed by atoms with Crippen molar-refractivity contribution in [2.45, 2.75) is 39.7 Å². The molecule has 1 aromatic carbocycles. The highest BCUT2D eigenvalue weighted by Crippen LogP contribution is 2.38. The van der Waals surface area contributed by atoms with Gasteiger partial charge in [-0.25, -0.2) is 0 Å². The second kappa shape index (κ2) is 6.11. The first-order valence-electron chi connectivity index (χ1n) is 7.32. The zero-order valence-corrected chi connectivity index (χ0v) is 12.3. The lowest BCUT2D eigenvalue weighted by Gasteiger charge is -2.21. The number of benzene rings is 1. The monoisotopic (exact) mass is 277 g/mol. The second-order valence-electron chi connectivity index (χ2n) is 5.65. The summed E-state index contributed by atoms with van der Waals surface area (Å²) in [6.07, 6.45) is 2.25. The number of nitrogens with one attached hydrogen (secondary N) is 2. The molecule has 2 N–H and O–H groups in total. The quantitative estimate of drug-likeness (QED) is 0.633. The SMILES string of the molecule is CCNc1cccc(NC2CCC(C)C2C)c1[N+](=O)[O-]. The topological polar surface area (TPSA) is 67.2 Å². The summed E-state index contributed by atoms with van der Waals surface area (Å²) in [7, 11) is 0. The average molecular weight is 277 g/mol. The maximum atomic E-state index is 11.4. The molecule has 0 saturated heterocycles. The number of para-hydroxylation sites is 1. The van der Waals surface area contributed by atoms with Crippen LogP contribution in [0.15, 0.2) is 18.2 Å². The Labute approximate surface area is 119 Å². The zero-order chi connectivity index (χ0) is 14.7. The highest BCUT2D eigenvalue weighted by molar-refractivity contribution is 5.76. The molecular formula is C15H23N3O2. The van der Waals surface area contributed by atoms with E-state index in [0.717, 1.165) is 6.42 Å². The predicted molar refractivity (Wildman–Crippen MR) is 82.2 cm³/mol. The molecule has 5 nitrogen and oxygen atoms in total. The van der Waals surface area contributed by atoms with Crippen LogP contribution in [0.2, 0.25) is 0 Å². The van der Waals surface area contributed by atoms with Crippen molar-refractivity contribution in [1.29, 1.82) is 0 Å². The van der Waals surface area contributed by atoms with Crippen LogP contribution in [0, 0.1) is 22.0 Å². The molecule has 0 spiro atoms. The van der Waals surface area contributed by atoms with Crippen molar-refractivity contribution in [2.75, 3.05) is 17.2 Å². The number of hydrogen-bond donors (Lipinski definition) is 2. The van der Waals surface area contributed by atoms with E-state index in [0.29, 0.717) is 35.8 Å². The number of nitro benzene ring substituents is 1. The molecule has 2 rings (SSSR count). The molecule has 1 fully saturated rings. The third kappa shape index (κ3) is 2.86. The van der Waals surface area contributed by atoms with Crippen LogP contribution in [0.25, 0.3) is 0 Å². The molecular weight excluding hydrogens is 254 g/mol. The van der Waals surface area contributed by atoms with E-state index in [-0.39, 0.29) is 10.6 Å². The first-order chi connectivity index (χ1) is 9.54. The molecule has 0 amide bonds. The van der Waals surface area contributed by atoms with Gasteiger partial charge in [0.25, 0.3) is 0 Å². The van der Waals surface area contributed by atoms with Gasteiger partial charge in [-0.2, -0.15) is 0 Å². The van der Waals surface area contributed by atoms with Gasteiger partial charge < -0.3 is 10.6 Å². The largest absolute Gasteiger partial charge is 0.380 e. The van der Waals surface area contributed by atoms with E-state index >= 15 is 0 Å². The van der Waals surface area contributed by atoms with Gasteiger partial charge in [0.1, 0.15) is 11.4 Å². The molecule has 0 aromatic heterocycles. The predicted octanol–water partition coefficient (Wildman–Crippen LogP) is 3.87. The number of hydrogen-bond acceptors (Lipinski definition) is 4. The first-order valence-corrected chi connectivity index (χ1v) is 7.32. The Morgan fingerprint density at radius 3 is 2.55 bits per heavy atom. The molecule has 3 unspecified atom stereocenters. The van der Waals surface area contributed by atoms with Crippen LogP contribution in [0.5, 0.6) is 0 Å². The molecule has 110 valence electrons. The molecule has 0 aliphatic heterocycles. The Kier molecular flexibility index (Phi) is 4.47. The van der Waals surface area contributed by atoms with Crippen LogP contribution < -0.4 is 10.6 Å². The summed E-state index contributed by atoms with van der Waals surface area (Å²) < 4.78 is 0. The van der Waals surface area contributed by atoms with E-state index in [2.05, 4.69) is 24.5 Å². The molecule has 1 aliphatic rings. The summed E-state index contributed by atoms with van der Waals surface area (Å²) in [6, 6.07) is 5.74. The number of nitrogens with zero attached hydrogens (tertiary/aromatic N) is 1. The van der Waals surface area contributed by atoms with E-state index in [9.17, 15) is 10.1 Å². The third-order valence-electron chi connectivity index (χ3n) is 4.39. The highest BCUT2D eigenvalue weighted by atomic mass is 16.6. The van der Waals surface area contributed by atoms with Crippen LogP contribution in [-0.2, 0) is 0 Å². The van der Waals surface area contributed by atoms with Gasteiger partial charge in [-0.05, 0) is 43.7 Å². The molecule has 5 heteroatoms. The van der Waals surface area contributed by atoms with Crippen LogP contribution in [0.1, 0.15) is 33.6 Å². The lowest BCUT2D eigenvalue weighted by molar-refractivity contribution is -0.383. The van der Waals surface area contributed by atoms with Crippen molar-refractivity contribution in [3.05, 3.63) is 28.3 Å². The van der Waals surface area contributed by atoms with Gasteiger partial charge in [0.2, 0.25) is 0 Å². The molecule has 3 atom stereocenters. The lowest BCUT2D eigenvalue weighted by Crippen LogP contribution is -2.24. The van der Waals surface area contributed by atoms with Crippen molar-refractivity contribution in [3.8, 4) is 0 Å². The maximum absolute atomic E-state index is 11.4. The summed E-state index contributed by atoms with van der Waals surface area (Å²) in [5, 5.41) is 17.8. The van der Waals surface area contributed by atoms with E-state index in [1.807, 2.05) is 13.0 Å². The van der Waals surface area contributed by atoms with Gasteiger partial charge in [-0.1, -0.05) is 19.9 Å². The molecule has 1 saturated carbocycles. The number of rotatable bonds is 5. The summed E-state index contributed by atoms with van der Waals surface area (Å²) in [6.45, 7) is 7.07. The normalized spacial score (nSPS) is 25.4. The maximum Gasteiger partial charge on any atom is 0.315 e. The van der Waals surface area contributed by atoms with Crippen LogP contribution in [0.3, 0.4) is 0 Å². The summed E-state index contributed by atoms with van der Waals surface area (Å²) in [5.74, 6) is 1.21. The Bertz CT molecular complexity index is 490. The fraction of sp³-hybridized carbons (Fsp3) is 0.600. The zero-order valence-electron chi connectivity index (χ0n) is 12.3. The molecule has 0 heterocycles. The van der Waals surface area contributed by atoms with Crippen LogP contribution >= 0.6 is 0 Å². The van der Waals surface area contributed by atoms with Gasteiger partial charge in [-0.3, -0.25) is 10.1 Å². The fourth-order valence-electron chi connectivity index (χ4n) is 2.96. The Morgan fingerprint density at radius 2 is 2.00 bits per heavy atom. The van der Waals surface area contributed by atoms with E-state index in [1.54, 1.807) is 12.1 Å². The van der Waals surface area contributed by atoms with Crippen molar-refractivity contribution >= 4 is 17.1 Å². The minimum absolute atomic E-state index is 0.154. The van der Waals surface area contributed by atoms with Gasteiger partial charge in [-0.15, -0.1) is 0 Å². The summed E-state index contributed by atoms with van der Waals surface area (Å²) in [4.78, 5) is 11.1. The van der Waals surface area contributed by atoms with Crippen LogP contribution in [-0.4, -0.2) is 17.5 Å². The van der Waals surface area contributed by atoms with Crippen LogP contribution in [0.4, 0.5) is 17.1 Å².